The van der Waals surface area contributed by atoms with E-state index in [1.165, 1.54) is 6.92 Å². The Morgan fingerprint density at radius 2 is 1.85 bits per heavy atom. The van der Waals surface area contributed by atoms with Gasteiger partial charge >= 0.3 is 0 Å². The minimum Gasteiger partial charge on any atom is -0.493 e. The zero-order valence-electron chi connectivity index (χ0n) is 23.8. The highest BCUT2D eigenvalue weighted by Crippen LogP contribution is 2.40. The van der Waals surface area contributed by atoms with E-state index in [4.69, 9.17) is 38.0 Å². The molecule has 0 saturated carbocycles. The quantitative estimate of drug-likeness (QED) is 0.599. The normalized spacial score (nSPS) is 16.5. The van der Waals surface area contributed by atoms with Crippen LogP contribution in [0.15, 0.2) is 24.2 Å². The topological polar surface area (TPSA) is 118 Å². The van der Waals surface area contributed by atoms with E-state index in [0.29, 0.717) is 0 Å². The van der Waals surface area contributed by atoms with Crippen molar-refractivity contribution in [3.8, 4) is 17.2 Å². The minimum atomic E-state index is -2.96. The highest BCUT2D eigenvalue weighted by Gasteiger charge is 2.14. The summed E-state index contributed by atoms with van der Waals surface area (Å²) < 4.78 is 88.3. The fraction of sp³-hybridized carbons (Fsp3) is 0.263. The van der Waals surface area contributed by atoms with Crippen LogP contribution in [0, 0.1) is 6.92 Å². The Labute approximate surface area is 170 Å². The molecule has 0 unspecified atom stereocenters. The number of nitrogens with zero attached hydrogens (tertiary/aromatic N) is 2. The summed E-state index contributed by atoms with van der Waals surface area (Å²) in [6.45, 7) is -1.20. The number of fused-ring (bicyclic) bond motifs is 1. The van der Waals surface area contributed by atoms with Crippen LogP contribution in [0.25, 0.3) is 10.9 Å². The van der Waals surface area contributed by atoms with E-state index in [1.54, 1.807) is 0 Å². The molecule has 3 aromatic rings. The zero-order chi connectivity index (χ0) is 27.3. The van der Waals surface area contributed by atoms with Crippen molar-refractivity contribution in [3.63, 3.8) is 0 Å². The number of hydrogen-bond donors (Lipinski definition) is 3. The number of nitrogen functional groups attached to an aromatic ring is 2. The molecule has 1 heterocycles. The van der Waals surface area contributed by atoms with Crippen LogP contribution in [0.2, 0.25) is 0 Å². The lowest BCUT2D eigenvalue weighted by Gasteiger charge is -2.16. The average Bonchev–Trinajstić information content (AvgIpc) is 2.74. The van der Waals surface area contributed by atoms with Gasteiger partial charge in [-0.15, -0.1) is 0 Å². The van der Waals surface area contributed by atoms with Crippen molar-refractivity contribution in [1.82, 2.24) is 9.97 Å². The standard InChI is InChI=1S/C19H23N5O3/c1-10-11(5-6-13-16(10)18(20)24-19(21)23-13)9-22-12-7-14(25-2)17(27-4)15(8-12)26-3/h5-8,22H,9H2,1-4H3,(H4,20,21,23,24)/i4D3,5D,6D,7D,8D,9D2. The third-order valence-electron chi connectivity index (χ3n) is 3.72. The maximum Gasteiger partial charge on any atom is 0.222 e. The van der Waals surface area contributed by atoms with Crippen LogP contribution < -0.4 is 31.0 Å². The zero-order valence-corrected chi connectivity index (χ0v) is 14.8. The van der Waals surface area contributed by atoms with Crippen molar-refractivity contribution < 1.29 is 26.5 Å². The third kappa shape index (κ3) is 3.46. The van der Waals surface area contributed by atoms with Crippen molar-refractivity contribution >= 4 is 28.4 Å². The molecule has 0 radical (unpaired) electrons. The summed E-state index contributed by atoms with van der Waals surface area (Å²) >= 11 is 0. The van der Waals surface area contributed by atoms with Gasteiger partial charge in [-0.1, -0.05) is 6.04 Å². The predicted molar refractivity (Wildman–Crippen MR) is 107 cm³/mol. The van der Waals surface area contributed by atoms with E-state index < -0.39 is 60.6 Å². The lowest BCUT2D eigenvalue weighted by molar-refractivity contribution is 0.324. The first-order chi connectivity index (χ1) is 16.6. The monoisotopic (exact) mass is 378 g/mol. The molecule has 0 amide bonds. The van der Waals surface area contributed by atoms with Crippen LogP contribution in [0.1, 0.15) is 23.5 Å². The van der Waals surface area contributed by atoms with E-state index in [1.807, 2.05) is 0 Å². The molecule has 0 aliphatic heterocycles. The SMILES string of the molecule is [2H]c1c(NC([2H])([2H])c2c([2H])c([2H])c3nc(N)nc(N)c3c2C)c([2H])c(OC)c(OC([2H])([2H])[2H])c1OC. The van der Waals surface area contributed by atoms with E-state index in [-0.39, 0.29) is 33.8 Å². The summed E-state index contributed by atoms with van der Waals surface area (Å²) in [6, 6.07) is -2.18. The predicted octanol–water partition coefficient (Wildman–Crippen LogP) is 2.74. The molecule has 5 N–H and O–H groups in total. The van der Waals surface area contributed by atoms with Gasteiger partial charge in [0.15, 0.2) is 11.5 Å². The molecule has 0 fully saturated rings. The van der Waals surface area contributed by atoms with Gasteiger partial charge in [0.25, 0.3) is 0 Å². The maximum absolute atomic E-state index is 8.69. The molecule has 0 saturated heterocycles. The number of rotatable bonds is 6. The Bertz CT molecular complexity index is 1330. The number of aryl methyl sites for hydroxylation is 1. The number of anilines is 3. The van der Waals surface area contributed by atoms with Crippen LogP contribution in [0.3, 0.4) is 0 Å². The van der Waals surface area contributed by atoms with Crippen LogP contribution in [0.4, 0.5) is 17.5 Å². The fourth-order valence-electron chi connectivity index (χ4n) is 2.46. The first kappa shape index (κ1) is 10.1. The molecule has 8 nitrogen and oxygen atoms in total. The Kier molecular flexibility index (Phi) is 2.77. The smallest absolute Gasteiger partial charge is 0.222 e. The van der Waals surface area contributed by atoms with Crippen molar-refractivity contribution in [1.29, 1.82) is 0 Å². The molecule has 0 spiro atoms. The van der Waals surface area contributed by atoms with Gasteiger partial charge in [0.1, 0.15) is 5.82 Å². The summed E-state index contributed by atoms with van der Waals surface area (Å²) in [5, 5.41) is 2.53. The van der Waals surface area contributed by atoms with Gasteiger partial charge in [-0.05, 0) is 24.1 Å². The Balaban J connectivity index is 2.27. The highest BCUT2D eigenvalue weighted by molar-refractivity contribution is 5.92. The first-order valence-electron chi connectivity index (χ1n) is 12.1. The van der Waals surface area contributed by atoms with Crippen molar-refractivity contribution in [3.05, 3.63) is 35.3 Å². The summed E-state index contributed by atoms with van der Waals surface area (Å²) in [7, 11) is -0.684. The summed E-state index contributed by atoms with van der Waals surface area (Å²) in [5.41, 5.74) is 10.9. The molecule has 8 heteroatoms. The summed E-state index contributed by atoms with van der Waals surface area (Å²) in [5.74, 6) is -1.70. The number of nitrogens with two attached hydrogens (primary N) is 2. The molecule has 3 rings (SSSR count). The highest BCUT2D eigenvalue weighted by atomic mass is 16.5. The number of ether oxygens (including phenoxy) is 3. The number of aromatic nitrogens is 2. The lowest BCUT2D eigenvalue weighted by Crippen LogP contribution is -2.06. The second kappa shape index (κ2) is 7.45. The number of benzene rings is 2. The van der Waals surface area contributed by atoms with Crippen LogP contribution >= 0.6 is 0 Å². The van der Waals surface area contributed by atoms with Crippen molar-refractivity contribution in [2.45, 2.75) is 13.4 Å². The number of methoxy groups -OCH3 is 3. The van der Waals surface area contributed by atoms with Gasteiger partial charge in [-0.2, -0.15) is 4.98 Å². The first-order valence-corrected chi connectivity index (χ1v) is 7.60. The molecule has 0 atom stereocenters. The van der Waals surface area contributed by atoms with Gasteiger partial charge in [0.2, 0.25) is 11.7 Å². The molecule has 2 aromatic carbocycles. The van der Waals surface area contributed by atoms with E-state index in [9.17, 15) is 0 Å². The van der Waals surface area contributed by atoms with Gasteiger partial charge < -0.3 is 31.0 Å². The minimum absolute atomic E-state index is 0.0288. The maximum atomic E-state index is 8.69. The van der Waals surface area contributed by atoms with Crippen molar-refractivity contribution in [2.24, 2.45) is 0 Å². The molecule has 27 heavy (non-hydrogen) atoms. The molecular weight excluding hydrogens is 346 g/mol. The third-order valence-corrected chi connectivity index (χ3v) is 3.72. The number of nitrogens with one attached hydrogen (secondary N) is 1. The lowest BCUT2D eigenvalue weighted by atomic mass is 10.0. The molecule has 1 aromatic heterocycles. The summed E-state index contributed by atoms with van der Waals surface area (Å²) in [4.78, 5) is 7.82. The van der Waals surface area contributed by atoms with Crippen molar-refractivity contribution in [2.75, 3.05) is 38.0 Å². The van der Waals surface area contributed by atoms with Crippen LogP contribution in [-0.2, 0) is 6.50 Å². The van der Waals surface area contributed by atoms with Crippen LogP contribution in [0.5, 0.6) is 17.2 Å². The molecular formula is C19H23N5O3. The largest absolute Gasteiger partial charge is 0.493 e. The number of hydrogen-bond acceptors (Lipinski definition) is 8. The van der Waals surface area contributed by atoms with Gasteiger partial charge in [0, 0.05) is 29.7 Å². The van der Waals surface area contributed by atoms with E-state index in [0.717, 1.165) is 14.2 Å². The van der Waals surface area contributed by atoms with Gasteiger partial charge in [-0.3, -0.25) is 0 Å². The van der Waals surface area contributed by atoms with E-state index >= 15 is 0 Å². The molecule has 0 aliphatic rings. The van der Waals surface area contributed by atoms with Gasteiger partial charge in [0.05, 0.1) is 39.1 Å². The second-order valence-electron chi connectivity index (χ2n) is 5.31. The van der Waals surface area contributed by atoms with Gasteiger partial charge in [-0.25, -0.2) is 4.98 Å². The second-order valence-corrected chi connectivity index (χ2v) is 5.31. The average molecular weight is 378 g/mol. The Morgan fingerprint density at radius 3 is 2.48 bits per heavy atom. The molecule has 0 aliphatic carbocycles. The Morgan fingerprint density at radius 1 is 1.15 bits per heavy atom. The molecule has 0 bridgehead atoms. The summed E-state index contributed by atoms with van der Waals surface area (Å²) in [6.07, 6.45) is 0. The van der Waals surface area contributed by atoms with E-state index in [2.05, 4.69) is 15.3 Å². The van der Waals surface area contributed by atoms with Crippen LogP contribution in [-0.4, -0.2) is 31.2 Å². The Hall–Kier alpha value is -3.42. The fourth-order valence-corrected chi connectivity index (χ4v) is 2.46. The molecule has 142 valence electrons.